The molecule has 0 saturated heterocycles. The van der Waals surface area contributed by atoms with Crippen molar-refractivity contribution in [3.05, 3.63) is 53.1 Å². The largest absolute Gasteiger partial charge is 0.456 e. The van der Waals surface area contributed by atoms with Crippen LogP contribution in [0.15, 0.2) is 42.5 Å². The van der Waals surface area contributed by atoms with Gasteiger partial charge in [0.2, 0.25) is 0 Å². The number of amides is 1. The van der Waals surface area contributed by atoms with Gasteiger partial charge in [0.15, 0.2) is 0 Å². The Balaban J connectivity index is 1.93. The summed E-state index contributed by atoms with van der Waals surface area (Å²) in [6, 6.07) is 9.50. The molecule has 0 unspecified atom stereocenters. The fraction of sp³-hybridized carbons (Fsp3) is 0.278. The zero-order chi connectivity index (χ0) is 20.7. The van der Waals surface area contributed by atoms with Gasteiger partial charge in [0, 0.05) is 12.7 Å². The van der Waals surface area contributed by atoms with E-state index in [0.29, 0.717) is 18.0 Å². The van der Waals surface area contributed by atoms with Gasteiger partial charge in [-0.3, -0.25) is 0 Å². The van der Waals surface area contributed by atoms with Crippen molar-refractivity contribution in [3.63, 3.8) is 0 Å². The number of carbonyl (C=O) groups is 1. The van der Waals surface area contributed by atoms with Gasteiger partial charge in [0.25, 0.3) is 0 Å². The number of alkyl halides is 3. The SMILES string of the molecule is CCCOC(=O)N(C)SNc1ccc(Oc2ccc(C(F)(F)F)cc2Cl)cc1. The van der Waals surface area contributed by atoms with E-state index in [2.05, 4.69) is 4.72 Å². The van der Waals surface area contributed by atoms with Gasteiger partial charge in [-0.25, -0.2) is 9.10 Å². The summed E-state index contributed by atoms with van der Waals surface area (Å²) >= 11 is 6.92. The second kappa shape index (κ2) is 9.79. The third-order valence-corrected chi connectivity index (χ3v) is 4.37. The highest BCUT2D eigenvalue weighted by molar-refractivity contribution is 7.98. The van der Waals surface area contributed by atoms with Crippen LogP contribution in [0.5, 0.6) is 11.5 Å². The van der Waals surface area contributed by atoms with E-state index in [9.17, 15) is 18.0 Å². The summed E-state index contributed by atoms with van der Waals surface area (Å²) < 4.78 is 52.8. The minimum Gasteiger partial charge on any atom is -0.456 e. The Kier molecular flexibility index (Phi) is 7.70. The summed E-state index contributed by atoms with van der Waals surface area (Å²) in [4.78, 5) is 11.6. The second-order valence-electron chi connectivity index (χ2n) is 5.57. The second-order valence-corrected chi connectivity index (χ2v) is 6.92. The third-order valence-electron chi connectivity index (χ3n) is 3.33. The highest BCUT2D eigenvalue weighted by atomic mass is 35.5. The summed E-state index contributed by atoms with van der Waals surface area (Å²) in [5, 5.41) is -0.139. The molecular weight excluding hydrogens is 417 g/mol. The first-order chi connectivity index (χ1) is 13.2. The molecule has 0 aliphatic rings. The molecule has 10 heteroatoms. The summed E-state index contributed by atoms with van der Waals surface area (Å²) in [5.41, 5.74) is -0.158. The molecule has 1 N–H and O–H groups in total. The highest BCUT2D eigenvalue weighted by Gasteiger charge is 2.31. The Hall–Kier alpha value is -2.26. The number of nitrogens with zero attached hydrogens (tertiary/aromatic N) is 1. The zero-order valence-electron chi connectivity index (χ0n) is 15.0. The summed E-state index contributed by atoms with van der Waals surface area (Å²) in [6.07, 6.45) is -4.19. The molecule has 0 fully saturated rings. The van der Waals surface area contributed by atoms with Crippen molar-refractivity contribution in [1.29, 1.82) is 0 Å². The molecule has 0 atom stereocenters. The van der Waals surface area contributed by atoms with Gasteiger partial charge in [0.1, 0.15) is 11.5 Å². The van der Waals surface area contributed by atoms with Gasteiger partial charge >= 0.3 is 12.3 Å². The molecule has 0 radical (unpaired) electrons. The first-order valence-electron chi connectivity index (χ1n) is 8.19. The minimum atomic E-state index is -4.47. The standard InChI is InChI=1S/C18H18ClF3N2O3S/c1-3-10-26-17(25)24(2)28-23-13-5-7-14(8-6-13)27-16-9-4-12(11-15(16)19)18(20,21)22/h4-9,11,23H,3,10H2,1-2H3. The maximum atomic E-state index is 12.7. The minimum absolute atomic E-state index is 0.114. The lowest BCUT2D eigenvalue weighted by Crippen LogP contribution is -2.22. The van der Waals surface area contributed by atoms with Crippen LogP contribution in [0.25, 0.3) is 0 Å². The van der Waals surface area contributed by atoms with Crippen molar-refractivity contribution >= 4 is 35.5 Å². The van der Waals surface area contributed by atoms with E-state index in [1.807, 2.05) is 6.92 Å². The number of benzene rings is 2. The maximum Gasteiger partial charge on any atom is 0.420 e. The molecule has 0 spiro atoms. The molecule has 2 aromatic rings. The van der Waals surface area contributed by atoms with Crippen molar-refractivity contribution < 1.29 is 27.4 Å². The number of halogens is 4. The Morgan fingerprint density at radius 3 is 2.46 bits per heavy atom. The number of rotatable bonds is 7. The Labute approximate surface area is 170 Å². The molecule has 0 aromatic heterocycles. The molecule has 2 aromatic carbocycles. The predicted octanol–water partition coefficient (Wildman–Crippen LogP) is 6.60. The molecule has 0 bridgehead atoms. The molecular formula is C18H18ClF3N2O3S. The Bertz CT molecular complexity index is 804. The smallest absolute Gasteiger partial charge is 0.420 e. The van der Waals surface area contributed by atoms with E-state index in [0.717, 1.165) is 30.7 Å². The molecule has 28 heavy (non-hydrogen) atoms. The number of anilines is 1. The average Bonchev–Trinajstić information content (AvgIpc) is 2.66. The number of hydrogen-bond acceptors (Lipinski definition) is 5. The molecule has 5 nitrogen and oxygen atoms in total. The quantitative estimate of drug-likeness (QED) is 0.497. The van der Waals surface area contributed by atoms with Gasteiger partial charge in [-0.05, 0) is 48.9 Å². The van der Waals surface area contributed by atoms with Crippen molar-refractivity contribution in [2.24, 2.45) is 0 Å². The Morgan fingerprint density at radius 2 is 1.89 bits per heavy atom. The number of carbonyl (C=O) groups excluding carboxylic acids is 1. The average molecular weight is 435 g/mol. The van der Waals surface area contributed by atoms with E-state index in [1.54, 1.807) is 31.3 Å². The first kappa shape index (κ1) is 22.0. The van der Waals surface area contributed by atoms with Crippen molar-refractivity contribution in [2.45, 2.75) is 19.5 Å². The lowest BCUT2D eigenvalue weighted by Gasteiger charge is -2.16. The molecule has 2 rings (SSSR count). The molecule has 0 aliphatic carbocycles. The van der Waals surface area contributed by atoms with E-state index < -0.39 is 17.8 Å². The van der Waals surface area contributed by atoms with Gasteiger partial charge in [0.05, 0.1) is 29.3 Å². The fourth-order valence-corrected chi connectivity index (χ4v) is 2.64. The van der Waals surface area contributed by atoms with Crippen molar-refractivity contribution in [2.75, 3.05) is 18.4 Å². The van der Waals surface area contributed by atoms with E-state index in [-0.39, 0.29) is 10.8 Å². The van der Waals surface area contributed by atoms with Gasteiger partial charge in [-0.2, -0.15) is 13.2 Å². The van der Waals surface area contributed by atoms with Crippen LogP contribution in [0.1, 0.15) is 18.9 Å². The summed E-state index contributed by atoms with van der Waals surface area (Å²) in [5.74, 6) is 0.510. The van der Waals surface area contributed by atoms with Crippen LogP contribution in [0.2, 0.25) is 5.02 Å². The maximum absolute atomic E-state index is 12.7. The first-order valence-corrected chi connectivity index (χ1v) is 9.34. The van der Waals surface area contributed by atoms with Crippen LogP contribution in [-0.4, -0.2) is 24.1 Å². The van der Waals surface area contributed by atoms with E-state index >= 15 is 0 Å². The van der Waals surface area contributed by atoms with Crippen LogP contribution in [-0.2, 0) is 10.9 Å². The predicted molar refractivity (Wildman–Crippen MR) is 104 cm³/mol. The molecule has 0 heterocycles. The van der Waals surface area contributed by atoms with Gasteiger partial charge in [-0.15, -0.1) is 0 Å². The lowest BCUT2D eigenvalue weighted by atomic mass is 10.2. The number of ether oxygens (including phenoxy) is 2. The van der Waals surface area contributed by atoms with Crippen molar-refractivity contribution in [3.8, 4) is 11.5 Å². The molecule has 0 saturated carbocycles. The van der Waals surface area contributed by atoms with Crippen LogP contribution in [0.4, 0.5) is 23.7 Å². The topological polar surface area (TPSA) is 50.8 Å². The molecule has 0 aliphatic heterocycles. The monoisotopic (exact) mass is 434 g/mol. The zero-order valence-corrected chi connectivity index (χ0v) is 16.6. The number of nitrogens with one attached hydrogen (secondary N) is 1. The summed E-state index contributed by atoms with van der Waals surface area (Å²) in [6.45, 7) is 2.25. The highest BCUT2D eigenvalue weighted by Crippen LogP contribution is 2.36. The van der Waals surface area contributed by atoms with Crippen molar-refractivity contribution in [1.82, 2.24) is 4.31 Å². The van der Waals surface area contributed by atoms with Crippen LogP contribution in [0.3, 0.4) is 0 Å². The van der Waals surface area contributed by atoms with Crippen LogP contribution < -0.4 is 9.46 Å². The fourth-order valence-electron chi connectivity index (χ4n) is 1.92. The van der Waals surface area contributed by atoms with Crippen LogP contribution >= 0.6 is 23.7 Å². The lowest BCUT2D eigenvalue weighted by molar-refractivity contribution is -0.137. The molecule has 152 valence electrons. The third kappa shape index (κ3) is 6.42. The summed E-state index contributed by atoms with van der Waals surface area (Å²) in [7, 11) is 1.57. The molecule has 1 amide bonds. The van der Waals surface area contributed by atoms with Crippen LogP contribution in [0, 0.1) is 0 Å². The normalized spacial score (nSPS) is 11.1. The van der Waals surface area contributed by atoms with Gasteiger partial charge in [-0.1, -0.05) is 18.5 Å². The van der Waals surface area contributed by atoms with Gasteiger partial charge < -0.3 is 14.2 Å². The van der Waals surface area contributed by atoms with E-state index in [1.165, 1.54) is 10.4 Å². The number of hydrogen-bond donors (Lipinski definition) is 1. The Morgan fingerprint density at radius 1 is 1.21 bits per heavy atom. The van der Waals surface area contributed by atoms with E-state index in [4.69, 9.17) is 21.1 Å².